The molecule has 252 valence electrons. The Morgan fingerprint density at radius 1 is 0.959 bits per heavy atom. The van der Waals surface area contributed by atoms with E-state index in [2.05, 4.69) is 32.7 Å². The molecule has 0 unspecified atom stereocenters. The zero-order valence-electron chi connectivity index (χ0n) is 27.2. The van der Waals surface area contributed by atoms with Crippen molar-refractivity contribution in [3.8, 4) is 23.1 Å². The number of pyridine rings is 2. The Bertz CT molecular complexity index is 2000. The van der Waals surface area contributed by atoms with Crippen LogP contribution in [0, 0.1) is 11.8 Å². The van der Waals surface area contributed by atoms with Gasteiger partial charge in [-0.25, -0.2) is 25.0 Å². The minimum atomic E-state index is -0.811. The lowest BCUT2D eigenvalue weighted by molar-refractivity contribution is -0.147. The lowest BCUT2D eigenvalue weighted by atomic mass is 10.0. The summed E-state index contributed by atoms with van der Waals surface area (Å²) in [6, 6.07) is 14.6. The van der Waals surface area contributed by atoms with E-state index in [0.29, 0.717) is 56.8 Å². The average Bonchev–Trinajstić information content (AvgIpc) is 3.08. The van der Waals surface area contributed by atoms with Crippen molar-refractivity contribution in [2.45, 2.75) is 51.7 Å². The molecule has 1 saturated heterocycles. The molecule has 4 aromatic rings. The molecule has 0 saturated carbocycles. The molecule has 1 aliphatic heterocycles. The summed E-state index contributed by atoms with van der Waals surface area (Å²) in [5.41, 5.74) is 7.26. The molecule has 13 heteroatoms. The molecule has 0 bridgehead atoms. The molecule has 2 N–H and O–H groups in total. The van der Waals surface area contributed by atoms with Gasteiger partial charge in [0.05, 0.1) is 28.9 Å². The Labute approximate surface area is 293 Å². The van der Waals surface area contributed by atoms with Crippen LogP contribution >= 0.6 is 23.2 Å². The molecule has 2 aromatic carbocycles. The summed E-state index contributed by atoms with van der Waals surface area (Å²) in [5, 5.41) is 0.943. The van der Waals surface area contributed by atoms with Gasteiger partial charge in [0.15, 0.2) is 0 Å². The van der Waals surface area contributed by atoms with E-state index in [1.807, 2.05) is 0 Å². The first kappa shape index (κ1) is 35.1. The predicted molar refractivity (Wildman–Crippen MR) is 185 cm³/mol. The van der Waals surface area contributed by atoms with Crippen molar-refractivity contribution in [2.24, 2.45) is 0 Å². The topological polar surface area (TPSA) is 140 Å². The van der Waals surface area contributed by atoms with Crippen LogP contribution in [0.5, 0.6) is 0 Å². The summed E-state index contributed by atoms with van der Waals surface area (Å²) in [7, 11) is 1.32. The first-order chi connectivity index (χ1) is 23.3. The molecule has 11 nitrogen and oxygen atoms in total. The largest absolute Gasteiger partial charge is 0.467 e. The van der Waals surface area contributed by atoms with Gasteiger partial charge in [0.25, 0.3) is 11.8 Å². The number of esters is 1. The third-order valence-electron chi connectivity index (χ3n) is 7.56. The molecule has 3 heterocycles. The lowest BCUT2D eigenvalue weighted by Gasteiger charge is -2.33. The Morgan fingerprint density at radius 2 is 1.71 bits per heavy atom. The number of halogens is 2. The summed E-state index contributed by atoms with van der Waals surface area (Å²) < 4.78 is 10.1. The number of amides is 3. The number of hydrazine groups is 1. The highest BCUT2D eigenvalue weighted by molar-refractivity contribution is 6.32. The number of methoxy groups -OCH3 is 1. The number of ether oxygens (including phenoxy) is 2. The number of rotatable bonds is 4. The summed E-state index contributed by atoms with van der Waals surface area (Å²) in [4.78, 5) is 61.0. The number of hydrogen-bond donors (Lipinski definition) is 2. The van der Waals surface area contributed by atoms with Gasteiger partial charge in [-0.3, -0.25) is 15.0 Å². The zero-order chi connectivity index (χ0) is 35.3. The number of aromatic nitrogens is 2. The number of fused-ring (bicyclic) bond motifs is 1. The maximum absolute atomic E-state index is 13.2. The Kier molecular flexibility index (Phi) is 10.7. The van der Waals surface area contributed by atoms with E-state index < -0.39 is 29.6 Å². The first-order valence-electron chi connectivity index (χ1n) is 15.4. The van der Waals surface area contributed by atoms with E-state index in [4.69, 9.17) is 32.7 Å². The summed E-state index contributed by atoms with van der Waals surface area (Å²) in [6.45, 7) is 5.59. The second-order valence-corrected chi connectivity index (χ2v) is 13.0. The zero-order valence-corrected chi connectivity index (χ0v) is 28.7. The molecule has 2 aromatic heterocycles. The second-order valence-electron chi connectivity index (χ2n) is 12.2. The fourth-order valence-corrected chi connectivity index (χ4v) is 5.63. The maximum atomic E-state index is 13.2. The fraction of sp³-hybridized carbons (Fsp3) is 0.278. The predicted octanol–water partition coefficient (Wildman–Crippen LogP) is 6.34. The molecule has 0 aliphatic carbocycles. The molecular weight excluding hydrogens is 669 g/mol. The van der Waals surface area contributed by atoms with Gasteiger partial charge in [-0.15, -0.1) is 0 Å². The second kappa shape index (κ2) is 14.9. The van der Waals surface area contributed by atoms with Crippen LogP contribution in [-0.4, -0.2) is 64.0 Å². The fourth-order valence-electron chi connectivity index (χ4n) is 5.25. The highest BCUT2D eigenvalue weighted by Crippen LogP contribution is 2.27. The van der Waals surface area contributed by atoms with Crippen LogP contribution in [0.1, 0.15) is 71.9 Å². The first-order valence-corrected chi connectivity index (χ1v) is 16.1. The molecule has 3 amide bonds. The Hall–Kier alpha value is -5.18. The Morgan fingerprint density at radius 3 is 2.41 bits per heavy atom. The van der Waals surface area contributed by atoms with Crippen LogP contribution in [-0.2, 0) is 14.3 Å². The lowest BCUT2D eigenvalue weighted by Crippen LogP contribution is -2.48. The molecule has 1 aliphatic rings. The van der Waals surface area contributed by atoms with Gasteiger partial charge < -0.3 is 14.4 Å². The number of nitrogens with one attached hydrogen (secondary N) is 2. The number of nitrogens with zero attached hydrogens (tertiary/aromatic N) is 3. The molecular formula is C36H33Cl2N5O6. The third-order valence-corrected chi connectivity index (χ3v) is 8.08. The summed E-state index contributed by atoms with van der Waals surface area (Å²) in [6.07, 6.45) is 2.84. The SMILES string of the molecule is COC(=O)[C@@H]1CCCCN1C(=O)c1ccc(C#Cc2ccc(-c3cc(C(=O)NNC(=O)OC(C)(C)C)c4cnc(Cl)cc4n3)cc2)c(Cl)c1. The minimum absolute atomic E-state index is 0.203. The highest BCUT2D eigenvalue weighted by atomic mass is 35.5. The maximum Gasteiger partial charge on any atom is 0.426 e. The van der Waals surface area contributed by atoms with Crippen LogP contribution < -0.4 is 10.9 Å². The van der Waals surface area contributed by atoms with E-state index in [-0.39, 0.29) is 16.6 Å². The van der Waals surface area contributed by atoms with Crippen LogP contribution in [0.2, 0.25) is 10.2 Å². The van der Waals surface area contributed by atoms with Crippen molar-refractivity contribution < 1.29 is 28.7 Å². The number of likely N-dealkylation sites (tertiary alicyclic amines) is 1. The van der Waals surface area contributed by atoms with Gasteiger partial charge in [-0.2, -0.15) is 0 Å². The smallest absolute Gasteiger partial charge is 0.426 e. The number of piperidine rings is 1. The normalized spacial score (nSPS) is 14.3. The van der Waals surface area contributed by atoms with Crippen molar-refractivity contribution in [1.29, 1.82) is 0 Å². The number of hydrogen-bond acceptors (Lipinski definition) is 8. The molecule has 49 heavy (non-hydrogen) atoms. The van der Waals surface area contributed by atoms with E-state index in [0.717, 1.165) is 12.8 Å². The summed E-state index contributed by atoms with van der Waals surface area (Å²) >= 11 is 12.7. The van der Waals surface area contributed by atoms with Gasteiger partial charge in [0, 0.05) is 46.4 Å². The van der Waals surface area contributed by atoms with Crippen molar-refractivity contribution in [1.82, 2.24) is 25.7 Å². The van der Waals surface area contributed by atoms with Gasteiger partial charge >= 0.3 is 12.1 Å². The van der Waals surface area contributed by atoms with Crippen molar-refractivity contribution >= 4 is 58.0 Å². The van der Waals surface area contributed by atoms with Crippen LogP contribution in [0.4, 0.5) is 4.79 Å². The van der Waals surface area contributed by atoms with Crippen molar-refractivity contribution in [3.63, 3.8) is 0 Å². The van der Waals surface area contributed by atoms with Gasteiger partial charge in [0.2, 0.25) is 0 Å². The van der Waals surface area contributed by atoms with Crippen LogP contribution in [0.25, 0.3) is 22.2 Å². The van der Waals surface area contributed by atoms with Crippen molar-refractivity contribution in [3.05, 3.63) is 93.2 Å². The Balaban J connectivity index is 1.34. The van der Waals surface area contributed by atoms with Crippen molar-refractivity contribution in [2.75, 3.05) is 13.7 Å². The van der Waals surface area contributed by atoms with E-state index >= 15 is 0 Å². The van der Waals surface area contributed by atoms with Gasteiger partial charge in [-0.1, -0.05) is 47.2 Å². The monoisotopic (exact) mass is 701 g/mol. The van der Waals surface area contributed by atoms with Crippen LogP contribution in [0.3, 0.4) is 0 Å². The minimum Gasteiger partial charge on any atom is -0.467 e. The summed E-state index contributed by atoms with van der Waals surface area (Å²) in [5.74, 6) is 4.81. The molecule has 0 radical (unpaired) electrons. The van der Waals surface area contributed by atoms with Gasteiger partial charge in [-0.05, 0) is 76.4 Å². The number of carbonyl (C=O) groups is 4. The van der Waals surface area contributed by atoms with Gasteiger partial charge in [0.1, 0.15) is 16.8 Å². The average molecular weight is 703 g/mol. The molecule has 1 atom stereocenters. The number of carbonyl (C=O) groups excluding carboxylic acids is 4. The number of benzene rings is 2. The standard InChI is InChI=1S/C36H33Cl2N5O6/c1-36(2,3)49-35(47)42-41-32(44)25-18-28(40-29-19-31(38)39-20-26(25)29)23-12-9-21(10-13-23)8-11-22-14-15-24(17-27(22)37)33(45)43-16-6-5-7-30(43)34(46)48-4/h9-10,12-15,17-20,30H,5-7,16H2,1-4H3,(H,41,44)(H,42,47)/t30-/m0/s1. The molecule has 5 rings (SSSR count). The third kappa shape index (κ3) is 8.65. The van der Waals surface area contributed by atoms with E-state index in [9.17, 15) is 19.2 Å². The quantitative estimate of drug-likeness (QED) is 0.109. The highest BCUT2D eigenvalue weighted by Gasteiger charge is 2.33. The molecule has 1 fully saturated rings. The van der Waals surface area contributed by atoms with Crippen LogP contribution in [0.15, 0.2) is 60.8 Å². The molecule has 0 spiro atoms. The van der Waals surface area contributed by atoms with E-state index in [1.54, 1.807) is 80.3 Å². The van der Waals surface area contributed by atoms with E-state index in [1.165, 1.54) is 13.3 Å².